The molecule has 0 amide bonds. The van der Waals surface area contributed by atoms with Gasteiger partial charge in [0.25, 0.3) is 0 Å². The van der Waals surface area contributed by atoms with Crippen molar-refractivity contribution in [3.8, 4) is 79.7 Å². The van der Waals surface area contributed by atoms with Gasteiger partial charge in [-0.2, -0.15) is 0 Å². The van der Waals surface area contributed by atoms with Crippen molar-refractivity contribution in [2.75, 3.05) is 4.90 Å². The van der Waals surface area contributed by atoms with E-state index in [4.69, 9.17) is 0 Å². The number of phenols is 10. The molecular formula is C42H39NO10. The molecule has 0 saturated heterocycles. The molecule has 0 radical (unpaired) electrons. The second kappa shape index (κ2) is 11.4. The van der Waals surface area contributed by atoms with E-state index in [0.29, 0.717) is 10.8 Å². The molecule has 2 aliphatic carbocycles. The Morgan fingerprint density at radius 3 is 1.32 bits per heavy atom. The molecule has 0 unspecified atom stereocenters. The molecule has 8 rings (SSSR count). The third-order valence-electron chi connectivity index (χ3n) is 10.7. The van der Waals surface area contributed by atoms with Gasteiger partial charge in [-0.15, -0.1) is 0 Å². The van der Waals surface area contributed by atoms with Crippen LogP contribution in [0.1, 0.15) is 63.8 Å². The van der Waals surface area contributed by atoms with Gasteiger partial charge in [0.1, 0.15) is 11.4 Å². The van der Waals surface area contributed by atoms with Crippen molar-refractivity contribution in [1.29, 1.82) is 0 Å². The lowest BCUT2D eigenvalue weighted by Crippen LogP contribution is -2.18. The zero-order valence-electron chi connectivity index (χ0n) is 29.8. The summed E-state index contributed by atoms with van der Waals surface area (Å²) in [6, 6.07) is 21.5. The summed E-state index contributed by atoms with van der Waals surface area (Å²) in [5, 5.41) is 109. The van der Waals surface area contributed by atoms with Crippen LogP contribution in [0.25, 0.3) is 33.0 Å². The average molecular weight is 718 g/mol. The van der Waals surface area contributed by atoms with Gasteiger partial charge in [-0.1, -0.05) is 90.1 Å². The van der Waals surface area contributed by atoms with Gasteiger partial charge in [0, 0.05) is 16.2 Å². The summed E-state index contributed by atoms with van der Waals surface area (Å²) < 4.78 is 0. The van der Waals surface area contributed by atoms with Crippen LogP contribution in [-0.2, 0) is 10.8 Å². The van der Waals surface area contributed by atoms with Crippen LogP contribution in [0.2, 0.25) is 0 Å². The van der Waals surface area contributed by atoms with Crippen LogP contribution in [0.5, 0.6) is 57.5 Å². The van der Waals surface area contributed by atoms with Crippen LogP contribution in [0, 0.1) is 0 Å². The van der Waals surface area contributed by atoms with Crippen LogP contribution in [0.3, 0.4) is 0 Å². The number of rotatable bonds is 3. The lowest BCUT2D eigenvalue weighted by molar-refractivity contribution is 0.327. The van der Waals surface area contributed by atoms with E-state index in [1.807, 2.05) is 52.0 Å². The maximum absolute atomic E-state index is 11.2. The quantitative estimate of drug-likeness (QED) is 0.0617. The number of fused-ring (bicyclic) bond motifs is 8. The summed E-state index contributed by atoms with van der Waals surface area (Å²) >= 11 is 0. The van der Waals surface area contributed by atoms with E-state index in [1.54, 1.807) is 18.2 Å². The van der Waals surface area contributed by atoms with Gasteiger partial charge in [0.15, 0.2) is 23.0 Å². The first-order valence-corrected chi connectivity index (χ1v) is 17.0. The monoisotopic (exact) mass is 717 g/mol. The van der Waals surface area contributed by atoms with Crippen LogP contribution in [-0.4, -0.2) is 51.1 Å². The number of hydrogen-bond acceptors (Lipinski definition) is 11. The Morgan fingerprint density at radius 2 is 0.792 bits per heavy atom. The molecule has 0 fully saturated rings. The highest BCUT2D eigenvalue weighted by Crippen LogP contribution is 2.65. The molecule has 0 bridgehead atoms. The van der Waals surface area contributed by atoms with E-state index in [0.717, 1.165) is 43.8 Å². The van der Waals surface area contributed by atoms with Gasteiger partial charge in [-0.3, -0.25) is 4.90 Å². The third-order valence-corrected chi connectivity index (χ3v) is 10.7. The number of hydrogen-bond donors (Lipinski definition) is 10. The second-order valence-electron chi connectivity index (χ2n) is 14.1. The Bertz CT molecular complexity index is 2430. The Balaban J connectivity index is 0.00000214. The lowest BCUT2D eigenvalue weighted by Gasteiger charge is -2.31. The molecule has 0 heterocycles. The maximum Gasteiger partial charge on any atom is 0.208 e. The van der Waals surface area contributed by atoms with E-state index in [2.05, 4.69) is 38.1 Å². The van der Waals surface area contributed by atoms with Crippen molar-refractivity contribution < 1.29 is 51.1 Å². The Kier molecular flexibility index (Phi) is 7.52. The van der Waals surface area contributed by atoms with Crippen molar-refractivity contribution >= 4 is 27.8 Å². The molecule has 0 aromatic heterocycles. The average Bonchev–Trinajstić information content (AvgIpc) is 3.52. The molecule has 6 aromatic rings. The summed E-state index contributed by atoms with van der Waals surface area (Å²) in [6.45, 7) is 12.4. The van der Waals surface area contributed by atoms with E-state index in [1.165, 1.54) is 5.56 Å². The fourth-order valence-corrected chi connectivity index (χ4v) is 8.06. The molecular weight excluding hydrogens is 678 g/mol. The summed E-state index contributed by atoms with van der Waals surface area (Å²) in [7, 11) is 0. The topological polar surface area (TPSA) is 206 Å². The van der Waals surface area contributed by atoms with Gasteiger partial charge in [0.2, 0.25) is 34.5 Å². The second-order valence-corrected chi connectivity index (χ2v) is 14.1. The molecule has 11 nitrogen and oxygen atoms in total. The van der Waals surface area contributed by atoms with Crippen LogP contribution >= 0.6 is 0 Å². The van der Waals surface area contributed by atoms with Crippen molar-refractivity contribution in [2.45, 2.75) is 52.4 Å². The number of nitrogens with zero attached hydrogens (tertiary/aromatic N) is 1. The molecule has 272 valence electrons. The SMILES string of the molecule is CC.CC1(C)c2ccccc2-c2cc3c(cc21)-c1c(cc(N(c2c(O)c(O)c(O)c(O)c2O)c2c(O)c(O)c(O)c(O)c2O)c2ccccc12)C3(C)C. The first kappa shape index (κ1) is 34.8. The zero-order valence-corrected chi connectivity index (χ0v) is 29.8. The Hall–Kier alpha value is -6.62. The Morgan fingerprint density at radius 1 is 0.396 bits per heavy atom. The number of anilines is 3. The first-order chi connectivity index (χ1) is 25.0. The standard InChI is InChI=1S/C40H33NO10.C2H6/c1-39(2)21-12-8-7-9-16(21)19-13-23-20(14-22(19)39)26-18-11-6-5-10-17(18)25(15-24(26)40(23,3)4)41(27-29(42)33(46)37(50)34(47)30(27)43)28-31(44)35(48)38(51)36(49)32(28)45;1-2/h5-15,42-51H,1-4H3;1-2H3. The van der Waals surface area contributed by atoms with E-state index in [-0.39, 0.29) is 11.1 Å². The van der Waals surface area contributed by atoms with Gasteiger partial charge < -0.3 is 51.1 Å². The van der Waals surface area contributed by atoms with Crippen LogP contribution < -0.4 is 4.90 Å². The molecule has 11 heteroatoms. The van der Waals surface area contributed by atoms with Crippen molar-refractivity contribution in [2.24, 2.45) is 0 Å². The van der Waals surface area contributed by atoms with Crippen molar-refractivity contribution in [1.82, 2.24) is 0 Å². The van der Waals surface area contributed by atoms with Crippen LogP contribution in [0.4, 0.5) is 17.1 Å². The molecule has 0 saturated carbocycles. The normalized spacial score (nSPS) is 14.2. The predicted molar refractivity (Wildman–Crippen MR) is 202 cm³/mol. The summed E-state index contributed by atoms with van der Waals surface area (Å²) in [5.74, 6) is -12.3. The first-order valence-electron chi connectivity index (χ1n) is 17.0. The highest BCUT2D eigenvalue weighted by molar-refractivity contribution is 6.12. The minimum Gasteiger partial charge on any atom is -0.503 e. The van der Waals surface area contributed by atoms with Crippen LogP contribution in [0.15, 0.2) is 66.7 Å². The van der Waals surface area contributed by atoms with Gasteiger partial charge in [-0.25, -0.2) is 0 Å². The highest BCUT2D eigenvalue weighted by Gasteiger charge is 2.44. The van der Waals surface area contributed by atoms with Gasteiger partial charge in [0.05, 0.1) is 5.69 Å². The minimum absolute atomic E-state index is 0.0219. The Labute approximate surface area is 304 Å². The van der Waals surface area contributed by atoms with Gasteiger partial charge >= 0.3 is 0 Å². The third kappa shape index (κ3) is 4.40. The number of phenolic OH excluding ortho intramolecular Hbond substituents is 10. The highest BCUT2D eigenvalue weighted by atomic mass is 16.4. The fourth-order valence-electron chi connectivity index (χ4n) is 8.06. The predicted octanol–water partition coefficient (Wildman–Crippen LogP) is 9.00. The fraction of sp³-hybridized carbons (Fsp3) is 0.190. The maximum atomic E-state index is 11.2. The molecule has 10 N–H and O–H groups in total. The van der Waals surface area contributed by atoms with E-state index >= 15 is 0 Å². The van der Waals surface area contributed by atoms with Gasteiger partial charge in [-0.05, 0) is 68.1 Å². The summed E-state index contributed by atoms with van der Waals surface area (Å²) in [6.07, 6.45) is 0. The number of benzene rings is 6. The molecule has 2 aliphatic rings. The minimum atomic E-state index is -1.26. The zero-order chi connectivity index (χ0) is 38.6. The number of aromatic hydroxyl groups is 10. The molecule has 0 spiro atoms. The van der Waals surface area contributed by atoms with Crippen molar-refractivity contribution in [3.63, 3.8) is 0 Å². The molecule has 0 atom stereocenters. The lowest BCUT2D eigenvalue weighted by atomic mass is 9.79. The summed E-state index contributed by atoms with van der Waals surface area (Å²) in [5.41, 5.74) is 5.52. The molecule has 6 aromatic carbocycles. The smallest absolute Gasteiger partial charge is 0.208 e. The van der Waals surface area contributed by atoms with E-state index < -0.39 is 74.3 Å². The van der Waals surface area contributed by atoms with Crippen molar-refractivity contribution in [3.05, 3.63) is 89.0 Å². The van der Waals surface area contributed by atoms with E-state index in [9.17, 15) is 51.1 Å². The largest absolute Gasteiger partial charge is 0.503 e. The molecule has 53 heavy (non-hydrogen) atoms. The summed E-state index contributed by atoms with van der Waals surface area (Å²) in [4.78, 5) is 0.814. The molecule has 0 aliphatic heterocycles.